The molecule has 0 aliphatic heterocycles. The number of ether oxygens (including phenoxy) is 1. The molecule has 0 aliphatic rings. The number of fused-ring (bicyclic) bond motifs is 1. The lowest BCUT2D eigenvalue weighted by molar-refractivity contribution is 0.0600. The van der Waals surface area contributed by atoms with Crippen LogP contribution in [0.5, 0.6) is 0 Å². The van der Waals surface area contributed by atoms with Gasteiger partial charge in [0, 0.05) is 11.8 Å². The normalized spacial score (nSPS) is 10.7. The second-order valence-electron chi connectivity index (χ2n) is 4.35. The van der Waals surface area contributed by atoms with Gasteiger partial charge in [0.2, 0.25) is 0 Å². The number of carbonyl (C=O) groups excluding carboxylic acids is 1. The van der Waals surface area contributed by atoms with Crippen molar-refractivity contribution >= 4 is 17.4 Å². The van der Waals surface area contributed by atoms with Crippen LogP contribution in [-0.4, -0.2) is 22.5 Å². The van der Waals surface area contributed by atoms with Crippen LogP contribution < -0.4 is 5.73 Å². The summed E-state index contributed by atoms with van der Waals surface area (Å²) in [5, 5.41) is 0. The van der Waals surface area contributed by atoms with Crippen molar-refractivity contribution in [2.75, 3.05) is 12.8 Å². The van der Waals surface area contributed by atoms with Gasteiger partial charge in [0.05, 0.1) is 18.4 Å². The minimum Gasteiger partial charge on any atom is -0.465 e. The lowest BCUT2D eigenvalue weighted by Crippen LogP contribution is -2.03. The number of pyridine rings is 1. The van der Waals surface area contributed by atoms with Gasteiger partial charge >= 0.3 is 5.97 Å². The summed E-state index contributed by atoms with van der Waals surface area (Å²) in [7, 11) is 1.35. The second kappa shape index (κ2) is 4.70. The quantitative estimate of drug-likeness (QED) is 0.724. The van der Waals surface area contributed by atoms with Gasteiger partial charge in [-0.25, -0.2) is 9.78 Å². The van der Waals surface area contributed by atoms with Gasteiger partial charge in [-0.1, -0.05) is 30.3 Å². The maximum Gasteiger partial charge on any atom is 0.339 e. The van der Waals surface area contributed by atoms with E-state index in [1.54, 1.807) is 22.7 Å². The molecule has 0 spiro atoms. The van der Waals surface area contributed by atoms with Gasteiger partial charge in [0.1, 0.15) is 5.65 Å². The molecule has 2 N–H and O–H groups in total. The molecular formula is C15H13N3O2. The second-order valence-corrected chi connectivity index (χ2v) is 4.35. The van der Waals surface area contributed by atoms with Gasteiger partial charge in [0.25, 0.3) is 0 Å². The molecule has 0 saturated carbocycles. The predicted molar refractivity (Wildman–Crippen MR) is 76.4 cm³/mol. The largest absolute Gasteiger partial charge is 0.465 e. The number of benzene rings is 1. The van der Waals surface area contributed by atoms with E-state index in [0.717, 1.165) is 11.3 Å². The highest BCUT2D eigenvalue weighted by Crippen LogP contribution is 2.27. The van der Waals surface area contributed by atoms with Crippen molar-refractivity contribution in [3.05, 3.63) is 54.2 Å². The van der Waals surface area contributed by atoms with E-state index in [4.69, 9.17) is 10.5 Å². The average Bonchev–Trinajstić information content (AvgIpc) is 2.82. The number of anilines is 1. The fourth-order valence-corrected chi connectivity index (χ4v) is 2.18. The number of nitrogens with zero attached hydrogens (tertiary/aromatic N) is 2. The van der Waals surface area contributed by atoms with Crippen molar-refractivity contribution in [1.29, 1.82) is 0 Å². The van der Waals surface area contributed by atoms with E-state index >= 15 is 0 Å². The Hall–Kier alpha value is -2.82. The lowest BCUT2D eigenvalue weighted by Gasteiger charge is -2.05. The Bertz CT molecular complexity index is 778. The first-order valence-electron chi connectivity index (χ1n) is 6.12. The molecule has 0 radical (unpaired) electrons. The van der Waals surface area contributed by atoms with E-state index < -0.39 is 5.97 Å². The molecule has 0 fully saturated rings. The van der Waals surface area contributed by atoms with Crippen LogP contribution in [0.25, 0.3) is 16.9 Å². The van der Waals surface area contributed by atoms with Crippen LogP contribution in [-0.2, 0) is 4.74 Å². The smallest absolute Gasteiger partial charge is 0.339 e. The molecular weight excluding hydrogens is 254 g/mol. The Morgan fingerprint density at radius 2 is 1.95 bits per heavy atom. The highest BCUT2D eigenvalue weighted by molar-refractivity contribution is 5.90. The summed E-state index contributed by atoms with van der Waals surface area (Å²) >= 11 is 0. The molecule has 5 heteroatoms. The van der Waals surface area contributed by atoms with Crippen molar-refractivity contribution in [2.45, 2.75) is 0 Å². The van der Waals surface area contributed by atoms with Crippen molar-refractivity contribution < 1.29 is 9.53 Å². The molecule has 0 unspecified atom stereocenters. The minimum atomic E-state index is -0.391. The van der Waals surface area contributed by atoms with Crippen LogP contribution in [0.15, 0.2) is 48.7 Å². The molecule has 0 atom stereocenters. The number of nitrogens with two attached hydrogens (primary N) is 1. The molecule has 20 heavy (non-hydrogen) atoms. The van der Waals surface area contributed by atoms with Crippen molar-refractivity contribution in [3.63, 3.8) is 0 Å². The van der Waals surface area contributed by atoms with E-state index in [1.807, 2.05) is 30.3 Å². The summed E-state index contributed by atoms with van der Waals surface area (Å²) in [6.45, 7) is 0. The third-order valence-electron chi connectivity index (χ3n) is 3.11. The molecule has 2 aromatic heterocycles. The third kappa shape index (κ3) is 1.89. The van der Waals surface area contributed by atoms with Crippen molar-refractivity contribution in [2.24, 2.45) is 0 Å². The van der Waals surface area contributed by atoms with Gasteiger partial charge in [0.15, 0.2) is 5.82 Å². The Balaban J connectivity index is 2.26. The van der Waals surface area contributed by atoms with Crippen molar-refractivity contribution in [3.8, 4) is 11.3 Å². The number of aromatic nitrogens is 2. The zero-order chi connectivity index (χ0) is 14.1. The number of imidazole rings is 1. The van der Waals surface area contributed by atoms with Crippen molar-refractivity contribution in [1.82, 2.24) is 9.38 Å². The molecule has 5 nitrogen and oxygen atoms in total. The van der Waals surface area contributed by atoms with E-state index in [2.05, 4.69) is 4.98 Å². The molecule has 3 aromatic rings. The number of nitrogen functional groups attached to an aromatic ring is 1. The van der Waals surface area contributed by atoms with Gasteiger partial charge in [-0.05, 0) is 12.1 Å². The zero-order valence-corrected chi connectivity index (χ0v) is 10.9. The first kappa shape index (κ1) is 12.2. The maximum absolute atomic E-state index is 11.6. The van der Waals surface area contributed by atoms with E-state index in [1.165, 1.54) is 7.11 Å². The summed E-state index contributed by atoms with van der Waals surface area (Å²) in [6.07, 6.45) is 1.69. The lowest BCUT2D eigenvalue weighted by atomic mass is 10.1. The first-order chi connectivity index (χ1) is 9.70. The molecule has 0 bridgehead atoms. The third-order valence-corrected chi connectivity index (χ3v) is 3.11. The average molecular weight is 267 g/mol. The number of rotatable bonds is 2. The number of hydrogen-bond acceptors (Lipinski definition) is 4. The zero-order valence-electron chi connectivity index (χ0n) is 10.9. The van der Waals surface area contributed by atoms with Crippen LogP contribution in [0, 0.1) is 0 Å². The van der Waals surface area contributed by atoms with Crippen LogP contribution in [0.2, 0.25) is 0 Å². The molecule has 100 valence electrons. The van der Waals surface area contributed by atoms with Gasteiger partial charge < -0.3 is 10.5 Å². The number of methoxy groups -OCH3 is 1. The fourth-order valence-electron chi connectivity index (χ4n) is 2.18. The van der Waals surface area contributed by atoms with Gasteiger partial charge in [-0.3, -0.25) is 4.40 Å². The van der Waals surface area contributed by atoms with Crippen LogP contribution in [0.1, 0.15) is 10.4 Å². The highest BCUT2D eigenvalue weighted by Gasteiger charge is 2.14. The Labute approximate surface area is 115 Å². The summed E-state index contributed by atoms with van der Waals surface area (Å²) in [5.74, 6) is 0.0383. The van der Waals surface area contributed by atoms with Crippen LogP contribution in [0.4, 0.5) is 5.82 Å². The summed E-state index contributed by atoms with van der Waals surface area (Å²) in [6, 6.07) is 13.1. The summed E-state index contributed by atoms with van der Waals surface area (Å²) in [4.78, 5) is 15.9. The highest BCUT2D eigenvalue weighted by atomic mass is 16.5. The Morgan fingerprint density at radius 1 is 1.20 bits per heavy atom. The molecule has 2 heterocycles. The maximum atomic E-state index is 11.6. The monoisotopic (exact) mass is 267 g/mol. The molecule has 0 saturated heterocycles. The van der Waals surface area contributed by atoms with E-state index in [-0.39, 0.29) is 0 Å². The molecule has 1 aromatic carbocycles. The van der Waals surface area contributed by atoms with E-state index in [9.17, 15) is 4.79 Å². The van der Waals surface area contributed by atoms with Gasteiger partial charge in [-0.15, -0.1) is 0 Å². The van der Waals surface area contributed by atoms with Crippen LogP contribution >= 0.6 is 0 Å². The number of esters is 1. The predicted octanol–water partition coefficient (Wildman–Crippen LogP) is 2.37. The minimum absolute atomic E-state index is 0.391. The molecule has 3 rings (SSSR count). The first-order valence-corrected chi connectivity index (χ1v) is 6.12. The Kier molecular flexibility index (Phi) is 2.87. The Morgan fingerprint density at radius 3 is 2.65 bits per heavy atom. The fraction of sp³-hybridized carbons (Fsp3) is 0.0667. The molecule has 0 aliphatic carbocycles. The SMILES string of the molecule is COC(=O)c1ccc2nc(N)c(-c3ccccc3)n2c1. The molecule has 0 amide bonds. The van der Waals surface area contributed by atoms with Gasteiger partial charge in [-0.2, -0.15) is 0 Å². The standard InChI is InChI=1S/C15H13N3O2/c1-20-15(19)11-7-8-12-17-14(16)13(18(12)9-11)10-5-3-2-4-6-10/h2-9H,16H2,1H3. The summed E-state index contributed by atoms with van der Waals surface area (Å²) in [5.41, 5.74) is 8.85. The topological polar surface area (TPSA) is 69.6 Å². The van der Waals surface area contributed by atoms with E-state index in [0.29, 0.717) is 17.0 Å². The van der Waals surface area contributed by atoms with Crippen LogP contribution in [0.3, 0.4) is 0 Å². The summed E-state index contributed by atoms with van der Waals surface area (Å²) < 4.78 is 6.54. The number of carbonyl (C=O) groups is 1. The number of hydrogen-bond donors (Lipinski definition) is 1.